The molecule has 1 aliphatic heterocycles. The average molecular weight is 430 g/mol. The number of ether oxygens (including phenoxy) is 2. The number of phenolic OH excluding ortho intramolecular Hbond substituents is 1. The van der Waals surface area contributed by atoms with E-state index in [0.717, 1.165) is 22.4 Å². The Bertz CT molecular complexity index is 1220. The first-order valence-corrected chi connectivity index (χ1v) is 9.94. The van der Waals surface area contributed by atoms with E-state index in [0.29, 0.717) is 29.0 Å². The lowest BCUT2D eigenvalue weighted by molar-refractivity contribution is -0.114. The van der Waals surface area contributed by atoms with Gasteiger partial charge < -0.3 is 19.9 Å². The Morgan fingerprint density at radius 3 is 2.31 bits per heavy atom. The van der Waals surface area contributed by atoms with Crippen LogP contribution < -0.4 is 20.1 Å². The third kappa shape index (κ3) is 4.13. The number of nitrogens with one attached hydrogen (secondary N) is 2. The van der Waals surface area contributed by atoms with Crippen LogP contribution in [0.4, 0.5) is 0 Å². The third-order valence-electron chi connectivity index (χ3n) is 5.25. The molecule has 7 nitrogen and oxygen atoms in total. The van der Waals surface area contributed by atoms with Gasteiger partial charge in [0, 0.05) is 23.9 Å². The second-order valence-electron chi connectivity index (χ2n) is 7.22. The summed E-state index contributed by atoms with van der Waals surface area (Å²) in [5, 5.41) is 15.4. The smallest absolute Gasteiger partial charge is 0.260 e. The van der Waals surface area contributed by atoms with Crippen molar-refractivity contribution >= 4 is 17.4 Å². The fourth-order valence-corrected chi connectivity index (χ4v) is 3.55. The van der Waals surface area contributed by atoms with Gasteiger partial charge in [0.15, 0.2) is 11.5 Å². The molecule has 0 aromatic heterocycles. The fraction of sp³-hybridized carbons (Fsp3) is 0.120. The van der Waals surface area contributed by atoms with E-state index in [1.165, 1.54) is 7.11 Å². The molecule has 0 radical (unpaired) electrons. The minimum absolute atomic E-state index is 0.0370. The maximum absolute atomic E-state index is 12.6. The number of benzene rings is 3. The van der Waals surface area contributed by atoms with Crippen LogP contribution in [-0.4, -0.2) is 31.1 Å². The lowest BCUT2D eigenvalue weighted by atomic mass is 9.91. The molecule has 0 saturated carbocycles. The van der Waals surface area contributed by atoms with Crippen LogP contribution in [-0.2, 0) is 11.3 Å². The van der Waals surface area contributed by atoms with Crippen molar-refractivity contribution < 1.29 is 24.2 Å². The molecule has 0 atom stereocenters. The van der Waals surface area contributed by atoms with Crippen molar-refractivity contribution in [2.24, 2.45) is 0 Å². The van der Waals surface area contributed by atoms with Crippen molar-refractivity contribution in [3.05, 3.63) is 83.6 Å². The molecule has 1 aliphatic rings. The van der Waals surface area contributed by atoms with Crippen LogP contribution in [0.3, 0.4) is 0 Å². The molecule has 2 amide bonds. The van der Waals surface area contributed by atoms with Crippen molar-refractivity contribution in [1.82, 2.24) is 10.6 Å². The second kappa shape index (κ2) is 8.85. The lowest BCUT2D eigenvalue weighted by Crippen LogP contribution is -2.37. The highest BCUT2D eigenvalue weighted by atomic mass is 16.5. The molecule has 0 unspecified atom stereocenters. The second-order valence-corrected chi connectivity index (χ2v) is 7.22. The molecular weight excluding hydrogens is 408 g/mol. The number of carbonyl (C=O) groups is 2. The molecule has 0 fully saturated rings. The van der Waals surface area contributed by atoms with Gasteiger partial charge in [-0.15, -0.1) is 0 Å². The van der Waals surface area contributed by atoms with E-state index >= 15 is 0 Å². The Morgan fingerprint density at radius 2 is 1.62 bits per heavy atom. The first-order valence-electron chi connectivity index (χ1n) is 9.94. The quantitative estimate of drug-likeness (QED) is 0.409. The predicted octanol–water partition coefficient (Wildman–Crippen LogP) is 3.48. The highest BCUT2D eigenvalue weighted by molar-refractivity contribution is 6.31. The van der Waals surface area contributed by atoms with Gasteiger partial charge in [-0.2, -0.15) is 0 Å². The van der Waals surface area contributed by atoms with Gasteiger partial charge in [0.25, 0.3) is 11.8 Å². The van der Waals surface area contributed by atoms with E-state index in [-0.39, 0.29) is 5.75 Å². The number of phenols is 1. The van der Waals surface area contributed by atoms with Gasteiger partial charge in [0.05, 0.1) is 19.8 Å². The van der Waals surface area contributed by atoms with Crippen molar-refractivity contribution in [2.75, 3.05) is 14.2 Å². The Labute approximate surface area is 185 Å². The molecule has 32 heavy (non-hydrogen) atoms. The van der Waals surface area contributed by atoms with E-state index in [4.69, 9.17) is 9.47 Å². The highest BCUT2D eigenvalue weighted by Gasteiger charge is 2.27. The van der Waals surface area contributed by atoms with Crippen molar-refractivity contribution in [2.45, 2.75) is 6.54 Å². The summed E-state index contributed by atoms with van der Waals surface area (Å²) >= 11 is 0. The van der Waals surface area contributed by atoms with Crippen molar-refractivity contribution in [3.63, 3.8) is 0 Å². The van der Waals surface area contributed by atoms with Gasteiger partial charge in [-0.25, -0.2) is 0 Å². The van der Waals surface area contributed by atoms with E-state index in [1.54, 1.807) is 31.5 Å². The highest BCUT2D eigenvalue weighted by Crippen LogP contribution is 2.30. The zero-order chi connectivity index (χ0) is 22.7. The van der Waals surface area contributed by atoms with Crippen LogP contribution in [0.1, 0.15) is 21.5 Å². The Hall–Kier alpha value is -4.26. The first-order chi connectivity index (χ1) is 15.5. The van der Waals surface area contributed by atoms with E-state index in [9.17, 15) is 14.7 Å². The number of hydrogen-bond donors (Lipinski definition) is 3. The maximum atomic E-state index is 12.6. The lowest BCUT2D eigenvalue weighted by Gasteiger charge is -2.19. The van der Waals surface area contributed by atoms with E-state index < -0.39 is 11.8 Å². The normalized spacial score (nSPS) is 14.0. The molecule has 0 saturated heterocycles. The van der Waals surface area contributed by atoms with Crippen LogP contribution in [0.5, 0.6) is 17.2 Å². The third-order valence-corrected chi connectivity index (χ3v) is 5.25. The topological polar surface area (TPSA) is 96.9 Å². The maximum Gasteiger partial charge on any atom is 0.260 e. The van der Waals surface area contributed by atoms with Gasteiger partial charge in [-0.05, 0) is 53.1 Å². The van der Waals surface area contributed by atoms with Crippen LogP contribution in [0.2, 0.25) is 0 Å². The van der Waals surface area contributed by atoms with Crippen LogP contribution >= 0.6 is 0 Å². The number of fused-ring (bicyclic) bond motifs is 1. The molecule has 4 rings (SSSR count). The molecule has 7 heteroatoms. The molecule has 3 aromatic rings. The zero-order valence-electron chi connectivity index (χ0n) is 17.6. The molecule has 3 N–H and O–H groups in total. The van der Waals surface area contributed by atoms with Gasteiger partial charge in [0.1, 0.15) is 5.75 Å². The van der Waals surface area contributed by atoms with Gasteiger partial charge in [-0.1, -0.05) is 24.3 Å². The summed E-state index contributed by atoms with van der Waals surface area (Å²) in [4.78, 5) is 24.9. The predicted molar refractivity (Wildman–Crippen MR) is 120 cm³/mol. The van der Waals surface area contributed by atoms with Crippen LogP contribution in [0, 0.1) is 0 Å². The number of methoxy groups -OCH3 is 2. The van der Waals surface area contributed by atoms with E-state index in [2.05, 4.69) is 10.6 Å². The summed E-state index contributed by atoms with van der Waals surface area (Å²) in [6.07, 6.45) is 1.58. The number of amides is 2. The first kappa shape index (κ1) is 21.0. The summed E-state index contributed by atoms with van der Waals surface area (Å²) in [6, 6.07) is 18.0. The number of carbonyl (C=O) groups excluding carboxylic acids is 2. The standard InChI is InChI=1S/C25H22N2O5/c1-31-18-7-4-16(5-8-18)17-6-9-19-20(12-17)21(25(30)27-24(19)29)14-26-13-15-3-10-23(32-2)22(28)11-15/h3-12,14,26,28H,13H2,1-2H3,(H,27,29,30). The molecule has 1 heterocycles. The van der Waals surface area contributed by atoms with Gasteiger partial charge >= 0.3 is 0 Å². The number of rotatable bonds is 6. The number of hydrogen-bond acceptors (Lipinski definition) is 6. The molecule has 0 spiro atoms. The number of imide groups is 1. The average Bonchev–Trinajstić information content (AvgIpc) is 2.81. The minimum Gasteiger partial charge on any atom is -0.504 e. The molecular formula is C25H22N2O5. The summed E-state index contributed by atoms with van der Waals surface area (Å²) in [6.45, 7) is 0.371. The molecule has 3 aromatic carbocycles. The molecule has 0 aliphatic carbocycles. The molecule has 162 valence electrons. The summed E-state index contributed by atoms with van der Waals surface area (Å²) in [5.41, 5.74) is 3.95. The van der Waals surface area contributed by atoms with Crippen LogP contribution in [0.15, 0.2) is 66.9 Å². The number of aromatic hydroxyl groups is 1. The largest absolute Gasteiger partial charge is 0.504 e. The van der Waals surface area contributed by atoms with Crippen LogP contribution in [0.25, 0.3) is 16.7 Å². The fourth-order valence-electron chi connectivity index (χ4n) is 3.55. The summed E-state index contributed by atoms with van der Waals surface area (Å²) < 4.78 is 10.3. The Morgan fingerprint density at radius 1 is 0.875 bits per heavy atom. The summed E-state index contributed by atoms with van der Waals surface area (Å²) in [7, 11) is 3.09. The van der Waals surface area contributed by atoms with E-state index in [1.807, 2.05) is 42.5 Å². The molecule has 0 bridgehead atoms. The van der Waals surface area contributed by atoms with Crippen molar-refractivity contribution in [1.29, 1.82) is 0 Å². The minimum atomic E-state index is -0.473. The Balaban J connectivity index is 1.63. The monoisotopic (exact) mass is 430 g/mol. The van der Waals surface area contributed by atoms with Gasteiger partial charge in [-0.3, -0.25) is 14.9 Å². The Kier molecular flexibility index (Phi) is 5.81. The van der Waals surface area contributed by atoms with Crippen molar-refractivity contribution in [3.8, 4) is 28.4 Å². The zero-order valence-corrected chi connectivity index (χ0v) is 17.6. The SMILES string of the molecule is COc1ccc(-c2ccc3c(c2)C(=CNCc2ccc(OC)c(O)c2)C(=O)NC3=O)cc1. The summed E-state index contributed by atoms with van der Waals surface area (Å²) in [5.74, 6) is 0.269. The van der Waals surface area contributed by atoms with Gasteiger partial charge in [0.2, 0.25) is 0 Å².